The SMILES string of the molecule is O=C1NC[C@@H]1N(Cc1ccccc1)C(=O)OCc1ccccc1. The van der Waals surface area contributed by atoms with Gasteiger partial charge in [-0.25, -0.2) is 4.79 Å². The fourth-order valence-electron chi connectivity index (χ4n) is 2.41. The number of hydrogen-bond acceptors (Lipinski definition) is 3. The van der Waals surface area contributed by atoms with E-state index in [1.807, 2.05) is 60.7 Å². The van der Waals surface area contributed by atoms with Crippen molar-refractivity contribution in [3.63, 3.8) is 0 Å². The van der Waals surface area contributed by atoms with Gasteiger partial charge in [0, 0.05) is 13.1 Å². The lowest BCUT2D eigenvalue weighted by Crippen LogP contribution is -2.63. The Kier molecular flexibility index (Phi) is 4.57. The van der Waals surface area contributed by atoms with Gasteiger partial charge in [0.25, 0.3) is 0 Å². The van der Waals surface area contributed by atoms with Crippen LogP contribution in [0.1, 0.15) is 11.1 Å². The van der Waals surface area contributed by atoms with Crippen LogP contribution in [0.3, 0.4) is 0 Å². The first-order valence-corrected chi connectivity index (χ1v) is 7.53. The van der Waals surface area contributed by atoms with Crippen LogP contribution in [0.2, 0.25) is 0 Å². The first kappa shape index (κ1) is 15.1. The molecule has 1 aliphatic heterocycles. The molecule has 5 nitrogen and oxygen atoms in total. The Morgan fingerprint density at radius 1 is 1.04 bits per heavy atom. The fraction of sp³-hybridized carbons (Fsp3) is 0.222. The zero-order valence-corrected chi connectivity index (χ0v) is 12.6. The minimum atomic E-state index is -0.474. The predicted molar refractivity (Wildman–Crippen MR) is 85.4 cm³/mol. The van der Waals surface area contributed by atoms with E-state index in [1.165, 1.54) is 4.90 Å². The monoisotopic (exact) mass is 310 g/mol. The molecule has 0 bridgehead atoms. The van der Waals surface area contributed by atoms with Crippen LogP contribution in [0.25, 0.3) is 0 Å². The van der Waals surface area contributed by atoms with Gasteiger partial charge >= 0.3 is 6.09 Å². The van der Waals surface area contributed by atoms with Crippen molar-refractivity contribution in [2.24, 2.45) is 0 Å². The summed E-state index contributed by atoms with van der Waals surface area (Å²) in [6.07, 6.45) is -0.474. The number of β-lactam (4-membered cyclic amide) rings is 1. The number of carbonyl (C=O) groups is 2. The molecule has 1 aliphatic rings. The largest absolute Gasteiger partial charge is 0.445 e. The molecule has 1 fully saturated rings. The minimum absolute atomic E-state index is 0.141. The fourth-order valence-corrected chi connectivity index (χ4v) is 2.41. The third-order valence-corrected chi connectivity index (χ3v) is 3.78. The molecular weight excluding hydrogens is 292 g/mol. The molecule has 0 radical (unpaired) electrons. The summed E-state index contributed by atoms with van der Waals surface area (Å²) >= 11 is 0. The third kappa shape index (κ3) is 3.69. The topological polar surface area (TPSA) is 58.6 Å². The normalized spacial score (nSPS) is 16.2. The molecule has 0 saturated carbocycles. The molecule has 0 aliphatic carbocycles. The van der Waals surface area contributed by atoms with Gasteiger partial charge in [0.05, 0.1) is 0 Å². The van der Waals surface area contributed by atoms with Crippen molar-refractivity contribution in [2.45, 2.75) is 19.2 Å². The van der Waals surface area contributed by atoms with E-state index in [2.05, 4.69) is 5.32 Å². The number of carbonyl (C=O) groups excluding carboxylic acids is 2. The van der Waals surface area contributed by atoms with Crippen molar-refractivity contribution in [1.82, 2.24) is 10.2 Å². The van der Waals surface area contributed by atoms with Crippen LogP contribution in [-0.2, 0) is 22.7 Å². The molecule has 23 heavy (non-hydrogen) atoms. The molecule has 1 heterocycles. The van der Waals surface area contributed by atoms with Gasteiger partial charge in [-0.3, -0.25) is 9.69 Å². The Labute approximate surface area is 134 Å². The summed E-state index contributed by atoms with van der Waals surface area (Å²) in [5, 5.41) is 2.67. The van der Waals surface area contributed by atoms with Crippen molar-refractivity contribution in [2.75, 3.05) is 6.54 Å². The average molecular weight is 310 g/mol. The Morgan fingerprint density at radius 3 is 2.17 bits per heavy atom. The van der Waals surface area contributed by atoms with E-state index in [0.717, 1.165) is 11.1 Å². The molecule has 2 aromatic rings. The molecule has 2 amide bonds. The molecule has 0 spiro atoms. The van der Waals surface area contributed by atoms with Gasteiger partial charge in [-0.15, -0.1) is 0 Å². The van der Waals surface area contributed by atoms with Gasteiger partial charge in [-0.2, -0.15) is 0 Å². The molecule has 0 aromatic heterocycles. The summed E-state index contributed by atoms with van der Waals surface area (Å²) in [4.78, 5) is 25.6. The highest BCUT2D eigenvalue weighted by Crippen LogP contribution is 2.15. The Balaban J connectivity index is 1.67. The van der Waals surface area contributed by atoms with Gasteiger partial charge in [0.15, 0.2) is 0 Å². The molecule has 1 atom stereocenters. The number of ether oxygens (including phenoxy) is 1. The number of hydrogen-bond donors (Lipinski definition) is 1. The minimum Gasteiger partial charge on any atom is -0.445 e. The highest BCUT2D eigenvalue weighted by molar-refractivity contribution is 5.90. The smallest absolute Gasteiger partial charge is 0.411 e. The van der Waals surface area contributed by atoms with E-state index < -0.39 is 12.1 Å². The highest BCUT2D eigenvalue weighted by Gasteiger charge is 2.37. The molecule has 3 rings (SSSR count). The van der Waals surface area contributed by atoms with Crippen LogP contribution in [0.15, 0.2) is 60.7 Å². The summed E-state index contributed by atoms with van der Waals surface area (Å²) in [6.45, 7) is 1.01. The van der Waals surface area contributed by atoms with Crippen LogP contribution < -0.4 is 5.32 Å². The van der Waals surface area contributed by atoms with Crippen LogP contribution in [0, 0.1) is 0 Å². The molecule has 0 unspecified atom stereocenters. The van der Waals surface area contributed by atoms with E-state index >= 15 is 0 Å². The maximum atomic E-state index is 12.4. The number of nitrogens with zero attached hydrogens (tertiary/aromatic N) is 1. The highest BCUT2D eigenvalue weighted by atomic mass is 16.6. The van der Waals surface area contributed by atoms with E-state index in [4.69, 9.17) is 4.74 Å². The van der Waals surface area contributed by atoms with Crippen LogP contribution in [0.4, 0.5) is 4.79 Å². The maximum absolute atomic E-state index is 12.4. The van der Waals surface area contributed by atoms with E-state index in [9.17, 15) is 9.59 Å². The van der Waals surface area contributed by atoms with E-state index in [1.54, 1.807) is 0 Å². The zero-order chi connectivity index (χ0) is 16.1. The molecule has 118 valence electrons. The van der Waals surface area contributed by atoms with Crippen molar-refractivity contribution in [3.8, 4) is 0 Å². The van der Waals surface area contributed by atoms with Crippen LogP contribution in [-0.4, -0.2) is 29.5 Å². The summed E-state index contributed by atoms with van der Waals surface area (Å²) < 4.78 is 5.37. The Morgan fingerprint density at radius 2 is 1.65 bits per heavy atom. The second-order valence-corrected chi connectivity index (χ2v) is 5.41. The lowest BCUT2D eigenvalue weighted by atomic mass is 10.1. The summed E-state index contributed by atoms with van der Waals surface area (Å²) in [5.74, 6) is -0.141. The Bertz CT molecular complexity index is 673. The van der Waals surface area contributed by atoms with Gasteiger partial charge in [0.1, 0.15) is 12.6 Å². The first-order chi connectivity index (χ1) is 11.2. The molecular formula is C18H18N2O3. The predicted octanol–water partition coefficient (Wildman–Crippen LogP) is 2.32. The number of amides is 2. The quantitative estimate of drug-likeness (QED) is 0.862. The van der Waals surface area contributed by atoms with Crippen molar-refractivity contribution in [3.05, 3.63) is 71.8 Å². The first-order valence-electron chi connectivity index (χ1n) is 7.53. The number of rotatable bonds is 5. The van der Waals surface area contributed by atoms with Gasteiger partial charge in [0.2, 0.25) is 5.91 Å². The van der Waals surface area contributed by atoms with Crippen molar-refractivity contribution in [1.29, 1.82) is 0 Å². The zero-order valence-electron chi connectivity index (χ0n) is 12.6. The number of nitrogens with one attached hydrogen (secondary N) is 1. The lowest BCUT2D eigenvalue weighted by Gasteiger charge is -2.36. The third-order valence-electron chi connectivity index (χ3n) is 3.78. The van der Waals surface area contributed by atoms with Crippen molar-refractivity contribution >= 4 is 12.0 Å². The molecule has 5 heteroatoms. The summed E-state index contributed by atoms with van der Waals surface area (Å²) in [5.41, 5.74) is 1.88. The van der Waals surface area contributed by atoms with E-state index in [0.29, 0.717) is 13.1 Å². The van der Waals surface area contributed by atoms with Gasteiger partial charge in [-0.05, 0) is 11.1 Å². The molecule has 2 aromatic carbocycles. The van der Waals surface area contributed by atoms with Crippen molar-refractivity contribution < 1.29 is 14.3 Å². The summed E-state index contributed by atoms with van der Waals surface area (Å²) in [6, 6.07) is 18.6. The standard InChI is InChI=1S/C18H18N2O3/c21-17-16(11-19-17)20(12-14-7-3-1-4-8-14)18(22)23-13-15-9-5-2-6-10-15/h1-10,16H,11-13H2,(H,19,21)/t16-/m0/s1. The second-order valence-electron chi connectivity index (χ2n) is 5.41. The van der Waals surface area contributed by atoms with Crippen LogP contribution in [0.5, 0.6) is 0 Å². The Hall–Kier alpha value is -2.82. The summed E-state index contributed by atoms with van der Waals surface area (Å²) in [7, 11) is 0. The number of benzene rings is 2. The molecule has 1 saturated heterocycles. The van der Waals surface area contributed by atoms with Crippen LogP contribution >= 0.6 is 0 Å². The van der Waals surface area contributed by atoms with Gasteiger partial charge < -0.3 is 10.1 Å². The van der Waals surface area contributed by atoms with Gasteiger partial charge in [-0.1, -0.05) is 60.7 Å². The second kappa shape index (κ2) is 6.96. The average Bonchev–Trinajstić information content (AvgIpc) is 2.59. The van der Waals surface area contributed by atoms with E-state index in [-0.39, 0.29) is 12.5 Å². The molecule has 1 N–H and O–H groups in total. The maximum Gasteiger partial charge on any atom is 0.411 e. The lowest BCUT2D eigenvalue weighted by molar-refractivity contribution is -0.132.